The third-order valence-corrected chi connectivity index (χ3v) is 2.58. The van der Waals surface area contributed by atoms with Crippen LogP contribution in [-0.2, 0) is 22.5 Å². The van der Waals surface area contributed by atoms with Crippen LogP contribution >= 0.6 is 0 Å². The van der Waals surface area contributed by atoms with Gasteiger partial charge in [0.25, 0.3) is 0 Å². The molecule has 0 aliphatic carbocycles. The lowest BCUT2D eigenvalue weighted by atomic mass is 10.2. The first kappa shape index (κ1) is 16.0. The number of urea groups is 1. The maximum Gasteiger partial charge on any atom is 0.315 e. The summed E-state index contributed by atoms with van der Waals surface area (Å²) < 4.78 is 10.3. The highest BCUT2D eigenvalue weighted by molar-refractivity contribution is 5.74. The van der Waals surface area contributed by atoms with E-state index < -0.39 is 18.1 Å². The molecule has 0 saturated heterocycles. The number of aryl methyl sites for hydroxylation is 1. The minimum atomic E-state index is -0.981. The van der Waals surface area contributed by atoms with E-state index in [4.69, 9.17) is 14.3 Å². The summed E-state index contributed by atoms with van der Waals surface area (Å²) in [6.07, 6.45) is 1.62. The smallest absolute Gasteiger partial charge is 0.315 e. The number of hydrogen-bond donors (Lipinski definition) is 3. The number of methoxy groups -OCH3 is 1. The quantitative estimate of drug-likeness (QED) is 0.642. The van der Waals surface area contributed by atoms with Crippen LogP contribution in [0.3, 0.4) is 0 Å². The van der Waals surface area contributed by atoms with E-state index in [1.165, 1.54) is 7.11 Å². The molecule has 0 saturated carbocycles. The predicted molar refractivity (Wildman–Crippen MR) is 69.2 cm³/mol. The van der Waals surface area contributed by atoms with Crippen molar-refractivity contribution in [1.29, 1.82) is 0 Å². The molecule has 112 valence electrons. The summed E-state index contributed by atoms with van der Waals surface area (Å²) in [5.41, 5.74) is 0. The van der Waals surface area contributed by atoms with Crippen molar-refractivity contribution < 1.29 is 23.8 Å². The second kappa shape index (κ2) is 8.16. The average molecular weight is 285 g/mol. The number of nitrogens with zero attached hydrogens (tertiary/aromatic N) is 1. The van der Waals surface area contributed by atoms with Gasteiger partial charge in [-0.25, -0.2) is 9.78 Å². The van der Waals surface area contributed by atoms with Crippen LogP contribution < -0.4 is 10.6 Å². The summed E-state index contributed by atoms with van der Waals surface area (Å²) >= 11 is 0. The minimum absolute atomic E-state index is 0.112. The monoisotopic (exact) mass is 285 g/mol. The van der Waals surface area contributed by atoms with Crippen molar-refractivity contribution in [2.45, 2.75) is 32.4 Å². The molecule has 1 aromatic rings. The Hall–Kier alpha value is -2.09. The van der Waals surface area contributed by atoms with Gasteiger partial charge in [0.05, 0.1) is 25.3 Å². The molecule has 8 heteroatoms. The number of oxazole rings is 1. The van der Waals surface area contributed by atoms with E-state index in [0.717, 1.165) is 12.2 Å². The first-order chi connectivity index (χ1) is 9.55. The van der Waals surface area contributed by atoms with Crippen LogP contribution in [0.2, 0.25) is 0 Å². The molecule has 1 heterocycles. The third kappa shape index (κ3) is 5.70. The molecule has 1 aromatic heterocycles. The summed E-state index contributed by atoms with van der Waals surface area (Å²) in [4.78, 5) is 26.0. The predicted octanol–water partition coefficient (Wildman–Crippen LogP) is 0.526. The fraction of sp³-hybridized carbons (Fsp3) is 0.583. The summed E-state index contributed by atoms with van der Waals surface area (Å²) in [5.74, 6) is 0.194. The van der Waals surface area contributed by atoms with Crippen LogP contribution in [0, 0.1) is 0 Å². The van der Waals surface area contributed by atoms with Gasteiger partial charge in [0.2, 0.25) is 5.89 Å². The summed E-state index contributed by atoms with van der Waals surface area (Å²) in [5, 5.41) is 13.7. The number of carboxylic acid groups (broad SMARTS) is 1. The lowest BCUT2D eigenvalue weighted by Gasteiger charge is -2.14. The van der Waals surface area contributed by atoms with Crippen LogP contribution in [0.25, 0.3) is 0 Å². The molecule has 0 spiro atoms. The second-order valence-corrected chi connectivity index (χ2v) is 4.09. The van der Waals surface area contributed by atoms with Gasteiger partial charge >= 0.3 is 12.0 Å². The largest absolute Gasteiger partial charge is 0.481 e. The highest BCUT2D eigenvalue weighted by Gasteiger charge is 2.13. The van der Waals surface area contributed by atoms with Gasteiger partial charge in [-0.05, 0) is 0 Å². The average Bonchev–Trinajstić information content (AvgIpc) is 2.88. The molecule has 0 bridgehead atoms. The van der Waals surface area contributed by atoms with E-state index in [0.29, 0.717) is 5.89 Å². The van der Waals surface area contributed by atoms with E-state index in [9.17, 15) is 9.59 Å². The Balaban J connectivity index is 2.27. The highest BCUT2D eigenvalue weighted by atomic mass is 16.5. The number of nitrogens with one attached hydrogen (secondary N) is 2. The van der Waals surface area contributed by atoms with Gasteiger partial charge in [-0.2, -0.15) is 0 Å². The SMILES string of the molecule is CCc1cnc(CNC(=O)NCC(CC(=O)O)OC)o1. The Kier molecular flexibility index (Phi) is 6.51. The van der Waals surface area contributed by atoms with Gasteiger partial charge in [0.1, 0.15) is 5.76 Å². The zero-order chi connectivity index (χ0) is 15.0. The van der Waals surface area contributed by atoms with E-state index in [-0.39, 0.29) is 19.5 Å². The van der Waals surface area contributed by atoms with Crippen molar-refractivity contribution in [3.63, 3.8) is 0 Å². The van der Waals surface area contributed by atoms with Gasteiger partial charge in [-0.3, -0.25) is 4.79 Å². The maximum atomic E-state index is 11.5. The molecule has 1 unspecified atom stereocenters. The summed E-state index contributed by atoms with van der Waals surface area (Å²) in [7, 11) is 1.40. The molecule has 0 radical (unpaired) electrons. The Bertz CT molecular complexity index is 446. The van der Waals surface area contributed by atoms with Crippen LogP contribution in [0.15, 0.2) is 10.6 Å². The zero-order valence-corrected chi connectivity index (χ0v) is 11.5. The molecule has 0 fully saturated rings. The number of carbonyl (C=O) groups is 2. The van der Waals surface area contributed by atoms with Gasteiger partial charge in [-0.15, -0.1) is 0 Å². The van der Waals surface area contributed by atoms with Crippen molar-refractivity contribution in [3.8, 4) is 0 Å². The Labute approximate surface area is 116 Å². The number of ether oxygens (including phenoxy) is 1. The highest BCUT2D eigenvalue weighted by Crippen LogP contribution is 2.03. The number of rotatable bonds is 8. The molecule has 0 aromatic carbocycles. The molecule has 2 amide bonds. The van der Waals surface area contributed by atoms with Crippen molar-refractivity contribution >= 4 is 12.0 Å². The molecule has 0 aliphatic heterocycles. The number of carbonyl (C=O) groups excluding carboxylic acids is 1. The first-order valence-electron chi connectivity index (χ1n) is 6.25. The molecule has 20 heavy (non-hydrogen) atoms. The van der Waals surface area contributed by atoms with E-state index in [1.807, 2.05) is 6.92 Å². The fourth-order valence-electron chi connectivity index (χ4n) is 1.45. The van der Waals surface area contributed by atoms with E-state index in [2.05, 4.69) is 15.6 Å². The number of aliphatic carboxylic acids is 1. The first-order valence-corrected chi connectivity index (χ1v) is 6.25. The Morgan fingerprint density at radius 3 is 2.80 bits per heavy atom. The zero-order valence-electron chi connectivity index (χ0n) is 11.5. The number of amides is 2. The number of aromatic nitrogens is 1. The van der Waals surface area contributed by atoms with Crippen LogP contribution in [0.5, 0.6) is 0 Å². The Morgan fingerprint density at radius 1 is 1.50 bits per heavy atom. The second-order valence-electron chi connectivity index (χ2n) is 4.09. The van der Waals surface area contributed by atoms with Gasteiger partial charge in [0, 0.05) is 20.1 Å². The molecule has 1 rings (SSSR count). The molecular formula is C12H19N3O5. The van der Waals surface area contributed by atoms with Crippen molar-refractivity contribution in [3.05, 3.63) is 17.8 Å². The van der Waals surface area contributed by atoms with Crippen molar-refractivity contribution in [2.75, 3.05) is 13.7 Å². The van der Waals surface area contributed by atoms with Gasteiger partial charge in [0.15, 0.2) is 0 Å². The van der Waals surface area contributed by atoms with Crippen molar-refractivity contribution in [2.24, 2.45) is 0 Å². The minimum Gasteiger partial charge on any atom is -0.481 e. The topological polar surface area (TPSA) is 114 Å². The van der Waals surface area contributed by atoms with E-state index in [1.54, 1.807) is 6.20 Å². The summed E-state index contributed by atoms with van der Waals surface area (Å²) in [6.45, 7) is 2.22. The molecular weight excluding hydrogens is 266 g/mol. The summed E-state index contributed by atoms with van der Waals surface area (Å²) in [6, 6.07) is -0.436. The normalized spacial score (nSPS) is 11.9. The van der Waals surface area contributed by atoms with Gasteiger partial charge in [-0.1, -0.05) is 6.92 Å². The standard InChI is InChI=1S/C12H19N3O5/c1-3-8-5-13-10(20-8)7-15-12(18)14-6-9(19-2)4-11(16)17/h5,9H,3-4,6-7H2,1-2H3,(H,16,17)(H2,14,15,18). The fourth-order valence-corrected chi connectivity index (χ4v) is 1.45. The number of hydrogen-bond acceptors (Lipinski definition) is 5. The molecule has 0 aliphatic rings. The molecule has 8 nitrogen and oxygen atoms in total. The van der Waals surface area contributed by atoms with Crippen molar-refractivity contribution in [1.82, 2.24) is 15.6 Å². The lowest BCUT2D eigenvalue weighted by molar-refractivity contribution is -0.139. The van der Waals surface area contributed by atoms with E-state index >= 15 is 0 Å². The van der Waals surface area contributed by atoms with Crippen LogP contribution in [-0.4, -0.2) is 41.8 Å². The van der Waals surface area contributed by atoms with Crippen LogP contribution in [0.1, 0.15) is 25.0 Å². The number of carboxylic acids is 1. The van der Waals surface area contributed by atoms with Crippen LogP contribution in [0.4, 0.5) is 4.79 Å². The third-order valence-electron chi connectivity index (χ3n) is 2.58. The Morgan fingerprint density at radius 2 is 2.25 bits per heavy atom. The lowest BCUT2D eigenvalue weighted by Crippen LogP contribution is -2.40. The molecule has 1 atom stereocenters. The van der Waals surface area contributed by atoms with Gasteiger partial charge < -0.3 is 24.9 Å². The molecule has 3 N–H and O–H groups in total. The maximum absolute atomic E-state index is 11.5.